The molecular formula is C13H16FNO4. The van der Waals surface area contributed by atoms with Crippen molar-refractivity contribution in [1.82, 2.24) is 4.90 Å². The van der Waals surface area contributed by atoms with Crippen molar-refractivity contribution in [2.24, 2.45) is 0 Å². The molecule has 1 fully saturated rings. The number of alkyl halides is 1. The molecule has 104 valence electrons. The number of carboxylic acid groups (broad SMARTS) is 1. The van der Waals surface area contributed by atoms with Crippen LogP contribution in [0.3, 0.4) is 0 Å². The summed E-state index contributed by atoms with van der Waals surface area (Å²) in [6.07, 6.45) is 2.71. The summed E-state index contributed by atoms with van der Waals surface area (Å²) in [5, 5.41) is 8.81. The molecule has 19 heavy (non-hydrogen) atoms. The van der Waals surface area contributed by atoms with Gasteiger partial charge < -0.3 is 14.4 Å². The average Bonchev–Trinajstić information content (AvgIpc) is 2.97. The lowest BCUT2D eigenvalue weighted by molar-refractivity contribution is -0.149. The van der Waals surface area contributed by atoms with Crippen LogP contribution < -0.4 is 0 Å². The van der Waals surface area contributed by atoms with Crippen molar-refractivity contribution in [2.75, 3.05) is 13.1 Å². The Kier molecular flexibility index (Phi) is 3.59. The molecule has 0 radical (unpaired) electrons. The predicted octanol–water partition coefficient (Wildman–Crippen LogP) is 1.87. The first-order chi connectivity index (χ1) is 8.98. The molecular weight excluding hydrogens is 253 g/mol. The number of hydrogen-bond acceptors (Lipinski definition) is 3. The van der Waals surface area contributed by atoms with E-state index in [1.165, 1.54) is 11.2 Å². The fraction of sp³-hybridized carbons (Fsp3) is 0.538. The first kappa shape index (κ1) is 13.6. The fourth-order valence-corrected chi connectivity index (χ4v) is 2.24. The van der Waals surface area contributed by atoms with Crippen LogP contribution in [0.4, 0.5) is 4.39 Å². The molecule has 5 nitrogen and oxygen atoms in total. The molecule has 1 aliphatic rings. The second kappa shape index (κ2) is 5.03. The third-order valence-electron chi connectivity index (χ3n) is 3.34. The monoisotopic (exact) mass is 269 g/mol. The van der Waals surface area contributed by atoms with Crippen molar-refractivity contribution in [1.29, 1.82) is 0 Å². The first-order valence-electron chi connectivity index (χ1n) is 6.26. The van der Waals surface area contributed by atoms with Crippen LogP contribution in [0.1, 0.15) is 35.9 Å². The van der Waals surface area contributed by atoms with E-state index >= 15 is 0 Å². The molecule has 1 unspecified atom stereocenters. The van der Waals surface area contributed by atoms with Gasteiger partial charge in [-0.05, 0) is 12.5 Å². The molecule has 1 aliphatic heterocycles. The summed E-state index contributed by atoms with van der Waals surface area (Å²) >= 11 is 0. The second-order valence-corrected chi connectivity index (χ2v) is 4.75. The number of amides is 1. The molecule has 1 N–H and O–H groups in total. The largest absolute Gasteiger partial charge is 0.479 e. The third kappa shape index (κ3) is 2.47. The summed E-state index contributed by atoms with van der Waals surface area (Å²) in [4.78, 5) is 24.3. The van der Waals surface area contributed by atoms with Crippen molar-refractivity contribution in [2.45, 2.75) is 31.9 Å². The van der Waals surface area contributed by atoms with Crippen molar-refractivity contribution < 1.29 is 23.5 Å². The van der Waals surface area contributed by atoms with Gasteiger partial charge in [0.1, 0.15) is 5.76 Å². The molecule has 0 saturated carbocycles. The van der Waals surface area contributed by atoms with E-state index < -0.39 is 18.2 Å². The van der Waals surface area contributed by atoms with E-state index in [1.54, 1.807) is 6.07 Å². The number of nitrogens with zero attached hydrogens (tertiary/aromatic N) is 1. The summed E-state index contributed by atoms with van der Waals surface area (Å²) in [6, 6.07) is 1.55. The van der Waals surface area contributed by atoms with E-state index in [9.17, 15) is 14.0 Å². The van der Waals surface area contributed by atoms with Crippen LogP contribution in [-0.2, 0) is 11.2 Å². The number of carbonyl (C=O) groups is 2. The molecule has 0 spiro atoms. The summed E-state index contributed by atoms with van der Waals surface area (Å²) < 4.78 is 19.1. The van der Waals surface area contributed by atoms with Crippen molar-refractivity contribution >= 4 is 11.9 Å². The van der Waals surface area contributed by atoms with Gasteiger partial charge in [-0.25, -0.2) is 9.18 Å². The molecule has 2 heterocycles. The molecule has 1 aromatic rings. The number of hydrogen-bond donors (Lipinski definition) is 1. The fourth-order valence-electron chi connectivity index (χ4n) is 2.24. The van der Waals surface area contributed by atoms with E-state index in [2.05, 4.69) is 0 Å². The van der Waals surface area contributed by atoms with Gasteiger partial charge in [0.05, 0.1) is 18.4 Å². The number of carboxylic acids is 1. The van der Waals surface area contributed by atoms with E-state index in [-0.39, 0.29) is 18.9 Å². The van der Waals surface area contributed by atoms with E-state index in [4.69, 9.17) is 9.52 Å². The number of halogens is 1. The van der Waals surface area contributed by atoms with Crippen molar-refractivity contribution in [3.05, 3.63) is 23.7 Å². The zero-order valence-electron chi connectivity index (χ0n) is 10.7. The number of rotatable bonds is 4. The summed E-state index contributed by atoms with van der Waals surface area (Å²) in [6.45, 7) is 1.67. The molecule has 0 bridgehead atoms. The Morgan fingerprint density at radius 1 is 1.58 bits per heavy atom. The molecule has 6 heteroatoms. The summed E-state index contributed by atoms with van der Waals surface area (Å²) in [7, 11) is 0. The van der Waals surface area contributed by atoms with Crippen LogP contribution in [0.2, 0.25) is 0 Å². The van der Waals surface area contributed by atoms with E-state index in [0.29, 0.717) is 17.7 Å². The lowest BCUT2D eigenvalue weighted by Crippen LogP contribution is -2.39. The normalized spacial score (nSPS) is 22.7. The molecule has 2 rings (SSSR count). The van der Waals surface area contributed by atoms with Gasteiger partial charge in [-0.3, -0.25) is 4.79 Å². The molecule has 0 aliphatic carbocycles. The molecule has 1 saturated heterocycles. The molecule has 0 aromatic carbocycles. The van der Waals surface area contributed by atoms with Crippen LogP contribution in [0, 0.1) is 0 Å². The van der Waals surface area contributed by atoms with Gasteiger partial charge >= 0.3 is 5.97 Å². The van der Waals surface area contributed by atoms with Gasteiger partial charge in [0.2, 0.25) is 5.67 Å². The highest BCUT2D eigenvalue weighted by molar-refractivity contribution is 5.96. The minimum absolute atomic E-state index is 0.110. The Morgan fingerprint density at radius 3 is 2.89 bits per heavy atom. The number of aliphatic carboxylic acids is 1. The number of aryl methyl sites for hydroxylation is 1. The zero-order valence-corrected chi connectivity index (χ0v) is 10.7. The second-order valence-electron chi connectivity index (χ2n) is 4.75. The Morgan fingerprint density at radius 2 is 2.32 bits per heavy atom. The van der Waals surface area contributed by atoms with E-state index in [1.807, 2.05) is 6.92 Å². The molecule has 1 aromatic heterocycles. The van der Waals surface area contributed by atoms with Crippen molar-refractivity contribution in [3.8, 4) is 0 Å². The average molecular weight is 269 g/mol. The van der Waals surface area contributed by atoms with Crippen LogP contribution in [0.15, 0.2) is 16.7 Å². The summed E-state index contributed by atoms with van der Waals surface area (Å²) in [5.41, 5.74) is -1.93. The highest BCUT2D eigenvalue weighted by atomic mass is 19.1. The Bertz CT molecular complexity index is 499. The Hall–Kier alpha value is -1.85. The molecule has 1 amide bonds. The Labute approximate surface area is 110 Å². The maximum Gasteiger partial charge on any atom is 0.343 e. The quantitative estimate of drug-likeness (QED) is 0.905. The standard InChI is InChI=1S/C13H16FNO4/c1-2-3-10-9(4-7-19-10)11(16)15-6-5-13(14,8-15)12(17)18/h4,7H,2-3,5-6,8H2,1H3,(H,17,18). The first-order valence-corrected chi connectivity index (χ1v) is 6.26. The SMILES string of the molecule is CCCc1occc1C(=O)N1CCC(F)(C(=O)O)C1. The highest BCUT2D eigenvalue weighted by Crippen LogP contribution is 2.28. The van der Waals surface area contributed by atoms with Crippen LogP contribution in [0.5, 0.6) is 0 Å². The third-order valence-corrected chi connectivity index (χ3v) is 3.34. The predicted molar refractivity (Wildman–Crippen MR) is 64.7 cm³/mol. The number of furan rings is 1. The van der Waals surface area contributed by atoms with Gasteiger partial charge in [-0.2, -0.15) is 0 Å². The van der Waals surface area contributed by atoms with Gasteiger partial charge in [-0.15, -0.1) is 0 Å². The maximum absolute atomic E-state index is 13.9. The number of likely N-dealkylation sites (tertiary alicyclic amines) is 1. The maximum atomic E-state index is 13.9. The minimum atomic E-state index is -2.33. The van der Waals surface area contributed by atoms with Gasteiger partial charge in [0.25, 0.3) is 5.91 Å². The topological polar surface area (TPSA) is 70.8 Å². The van der Waals surface area contributed by atoms with E-state index in [0.717, 1.165) is 6.42 Å². The van der Waals surface area contributed by atoms with Gasteiger partial charge in [0, 0.05) is 19.4 Å². The lowest BCUT2D eigenvalue weighted by Gasteiger charge is -2.17. The minimum Gasteiger partial charge on any atom is -0.479 e. The van der Waals surface area contributed by atoms with Crippen LogP contribution >= 0.6 is 0 Å². The Balaban J connectivity index is 2.13. The van der Waals surface area contributed by atoms with Gasteiger partial charge in [-0.1, -0.05) is 6.92 Å². The van der Waals surface area contributed by atoms with Crippen LogP contribution in [-0.4, -0.2) is 40.6 Å². The smallest absolute Gasteiger partial charge is 0.343 e. The van der Waals surface area contributed by atoms with Crippen molar-refractivity contribution in [3.63, 3.8) is 0 Å². The molecule has 1 atom stereocenters. The number of carbonyl (C=O) groups excluding carboxylic acids is 1. The zero-order chi connectivity index (χ0) is 14.0. The van der Waals surface area contributed by atoms with Gasteiger partial charge in [0.15, 0.2) is 0 Å². The highest BCUT2D eigenvalue weighted by Gasteiger charge is 2.47. The van der Waals surface area contributed by atoms with Crippen LogP contribution in [0.25, 0.3) is 0 Å². The lowest BCUT2D eigenvalue weighted by atomic mass is 10.1. The summed E-state index contributed by atoms with van der Waals surface area (Å²) in [5.74, 6) is -1.30.